The van der Waals surface area contributed by atoms with Crippen molar-refractivity contribution >= 4 is 6.09 Å². The molecule has 2 heterocycles. The Labute approximate surface area is 132 Å². The Kier molecular flexibility index (Phi) is 3.68. The summed E-state index contributed by atoms with van der Waals surface area (Å²) < 4.78 is 5.54. The summed E-state index contributed by atoms with van der Waals surface area (Å²) in [6.45, 7) is 5.66. The van der Waals surface area contributed by atoms with Gasteiger partial charge >= 0.3 is 6.09 Å². The van der Waals surface area contributed by atoms with E-state index in [0.717, 1.165) is 18.4 Å². The van der Waals surface area contributed by atoms with E-state index in [1.54, 1.807) is 0 Å². The predicted octanol–water partition coefficient (Wildman–Crippen LogP) is 3.44. The van der Waals surface area contributed by atoms with E-state index >= 15 is 0 Å². The molecule has 0 aliphatic carbocycles. The van der Waals surface area contributed by atoms with Crippen molar-refractivity contribution in [2.45, 2.75) is 69.7 Å². The average molecular weight is 303 g/mol. The molecule has 0 aromatic heterocycles. The second-order valence-electron chi connectivity index (χ2n) is 7.58. The highest BCUT2D eigenvalue weighted by Gasteiger charge is 2.50. The van der Waals surface area contributed by atoms with Gasteiger partial charge in [0, 0.05) is 24.9 Å². The van der Waals surface area contributed by atoms with Gasteiger partial charge in [-0.1, -0.05) is 30.3 Å². The standard InChI is InChI=1S/C18H25NO3/c1-17(2,3)22-16(20)19-14-9-10-15(19)12-18(21,11-14)13-7-5-4-6-8-13/h4-8,14-15,21H,9-12H2,1-3H3/t14-,15+,18?. The molecule has 3 rings (SSSR count). The van der Waals surface area contributed by atoms with E-state index in [4.69, 9.17) is 4.74 Å². The molecule has 3 atom stereocenters. The smallest absolute Gasteiger partial charge is 0.410 e. The zero-order valence-electron chi connectivity index (χ0n) is 13.6. The molecule has 2 fully saturated rings. The van der Waals surface area contributed by atoms with E-state index in [9.17, 15) is 9.90 Å². The second kappa shape index (κ2) is 5.27. The van der Waals surface area contributed by atoms with Crippen molar-refractivity contribution in [1.82, 2.24) is 4.90 Å². The number of rotatable bonds is 1. The quantitative estimate of drug-likeness (QED) is 0.864. The zero-order valence-corrected chi connectivity index (χ0v) is 13.6. The van der Waals surface area contributed by atoms with Crippen molar-refractivity contribution in [3.63, 3.8) is 0 Å². The van der Waals surface area contributed by atoms with Crippen LogP contribution in [0.2, 0.25) is 0 Å². The Bertz CT molecular complexity index is 535. The van der Waals surface area contributed by atoms with Crippen LogP contribution in [0.25, 0.3) is 0 Å². The van der Waals surface area contributed by atoms with Crippen molar-refractivity contribution in [1.29, 1.82) is 0 Å². The summed E-state index contributed by atoms with van der Waals surface area (Å²) in [5.41, 5.74) is -0.356. The third-order valence-corrected chi connectivity index (χ3v) is 4.68. The molecule has 0 saturated carbocycles. The Morgan fingerprint density at radius 3 is 2.23 bits per heavy atom. The first-order chi connectivity index (χ1) is 10.3. The third kappa shape index (κ3) is 2.84. The van der Waals surface area contributed by atoms with Gasteiger partial charge in [0.2, 0.25) is 0 Å². The van der Waals surface area contributed by atoms with Crippen LogP contribution in [0.4, 0.5) is 4.79 Å². The molecule has 0 spiro atoms. The molecule has 1 unspecified atom stereocenters. The summed E-state index contributed by atoms with van der Waals surface area (Å²) in [7, 11) is 0. The summed E-state index contributed by atoms with van der Waals surface area (Å²) in [6, 6.07) is 9.95. The van der Waals surface area contributed by atoms with Gasteiger partial charge in [0.1, 0.15) is 5.60 Å². The molecule has 1 N–H and O–H groups in total. The van der Waals surface area contributed by atoms with E-state index in [2.05, 4.69) is 0 Å². The maximum atomic E-state index is 12.4. The van der Waals surface area contributed by atoms with Gasteiger partial charge in [-0.3, -0.25) is 0 Å². The molecule has 4 nitrogen and oxygen atoms in total. The number of fused-ring (bicyclic) bond motifs is 2. The topological polar surface area (TPSA) is 49.8 Å². The van der Waals surface area contributed by atoms with E-state index in [1.165, 1.54) is 0 Å². The number of hydrogen-bond acceptors (Lipinski definition) is 3. The van der Waals surface area contributed by atoms with Gasteiger partial charge in [-0.2, -0.15) is 0 Å². The number of nitrogens with zero attached hydrogens (tertiary/aromatic N) is 1. The lowest BCUT2D eigenvalue weighted by Crippen LogP contribution is -2.53. The zero-order chi connectivity index (χ0) is 16.0. The van der Waals surface area contributed by atoms with Crippen LogP contribution in [0, 0.1) is 0 Å². The lowest BCUT2D eigenvalue weighted by atomic mass is 9.81. The maximum absolute atomic E-state index is 12.4. The van der Waals surface area contributed by atoms with Gasteiger partial charge in [0.25, 0.3) is 0 Å². The fraction of sp³-hybridized carbons (Fsp3) is 0.611. The molecular formula is C18H25NO3. The molecule has 2 aliphatic rings. The number of carbonyl (C=O) groups excluding carboxylic acids is 1. The number of ether oxygens (including phenoxy) is 1. The lowest BCUT2D eigenvalue weighted by molar-refractivity contribution is -0.0624. The normalized spacial score (nSPS) is 31.2. The molecule has 4 heteroatoms. The SMILES string of the molecule is CC(C)(C)OC(=O)N1[C@@H]2CC[C@H]1CC(O)(c1ccccc1)C2. The number of amides is 1. The number of piperidine rings is 1. The molecule has 1 aromatic rings. The van der Waals surface area contributed by atoms with Crippen LogP contribution in [-0.2, 0) is 10.3 Å². The first-order valence-electron chi connectivity index (χ1n) is 8.08. The molecule has 2 saturated heterocycles. The summed E-state index contributed by atoms with van der Waals surface area (Å²) in [6.07, 6.45) is 2.83. The number of hydrogen-bond donors (Lipinski definition) is 1. The van der Waals surface area contributed by atoms with Gasteiger partial charge in [0.05, 0.1) is 5.60 Å². The first-order valence-corrected chi connectivity index (χ1v) is 8.08. The summed E-state index contributed by atoms with van der Waals surface area (Å²) in [5.74, 6) is 0. The monoisotopic (exact) mass is 303 g/mol. The predicted molar refractivity (Wildman–Crippen MR) is 84.5 cm³/mol. The second-order valence-corrected chi connectivity index (χ2v) is 7.58. The van der Waals surface area contributed by atoms with Crippen LogP contribution in [0.1, 0.15) is 52.0 Å². The minimum atomic E-state index is -0.828. The fourth-order valence-electron chi connectivity index (χ4n) is 3.82. The highest BCUT2D eigenvalue weighted by Crippen LogP contribution is 2.46. The largest absolute Gasteiger partial charge is 0.444 e. The summed E-state index contributed by atoms with van der Waals surface area (Å²) in [5, 5.41) is 11.1. The minimum absolute atomic E-state index is 0.0683. The van der Waals surface area contributed by atoms with Crippen LogP contribution in [0.5, 0.6) is 0 Å². The Hall–Kier alpha value is -1.55. The molecule has 1 aromatic carbocycles. The van der Waals surface area contributed by atoms with E-state index in [0.29, 0.717) is 12.8 Å². The molecule has 22 heavy (non-hydrogen) atoms. The van der Waals surface area contributed by atoms with Gasteiger partial charge in [-0.15, -0.1) is 0 Å². The third-order valence-electron chi connectivity index (χ3n) is 4.68. The van der Waals surface area contributed by atoms with Gasteiger partial charge in [-0.05, 0) is 39.2 Å². The highest BCUT2D eigenvalue weighted by atomic mass is 16.6. The molecule has 120 valence electrons. The molecular weight excluding hydrogens is 278 g/mol. The summed E-state index contributed by atoms with van der Waals surface area (Å²) in [4.78, 5) is 14.3. The van der Waals surface area contributed by atoms with Gasteiger partial charge < -0.3 is 14.7 Å². The number of carbonyl (C=O) groups is 1. The van der Waals surface area contributed by atoms with Crippen LogP contribution in [0.15, 0.2) is 30.3 Å². The van der Waals surface area contributed by atoms with Crippen LogP contribution >= 0.6 is 0 Å². The van der Waals surface area contributed by atoms with Gasteiger partial charge in [-0.25, -0.2) is 4.79 Å². The van der Waals surface area contributed by atoms with Crippen LogP contribution in [-0.4, -0.2) is 33.8 Å². The summed E-state index contributed by atoms with van der Waals surface area (Å²) >= 11 is 0. The molecule has 0 radical (unpaired) electrons. The minimum Gasteiger partial charge on any atom is -0.444 e. The van der Waals surface area contributed by atoms with Crippen molar-refractivity contribution in [2.24, 2.45) is 0 Å². The maximum Gasteiger partial charge on any atom is 0.410 e. The van der Waals surface area contributed by atoms with Crippen molar-refractivity contribution in [2.75, 3.05) is 0 Å². The average Bonchev–Trinajstić information content (AvgIpc) is 2.71. The van der Waals surface area contributed by atoms with Crippen molar-refractivity contribution < 1.29 is 14.6 Å². The van der Waals surface area contributed by atoms with E-state index in [1.807, 2.05) is 56.0 Å². The Morgan fingerprint density at radius 2 is 1.73 bits per heavy atom. The van der Waals surface area contributed by atoms with Crippen LogP contribution < -0.4 is 0 Å². The highest BCUT2D eigenvalue weighted by molar-refractivity contribution is 5.69. The first kappa shape index (κ1) is 15.3. The number of aliphatic hydroxyl groups is 1. The number of benzene rings is 1. The van der Waals surface area contributed by atoms with Gasteiger partial charge in [0.15, 0.2) is 0 Å². The lowest BCUT2D eigenvalue weighted by Gasteiger charge is -2.44. The van der Waals surface area contributed by atoms with Crippen molar-refractivity contribution in [3.8, 4) is 0 Å². The van der Waals surface area contributed by atoms with E-state index in [-0.39, 0.29) is 18.2 Å². The Balaban J connectivity index is 1.78. The molecule has 2 aliphatic heterocycles. The van der Waals surface area contributed by atoms with E-state index < -0.39 is 11.2 Å². The van der Waals surface area contributed by atoms with Crippen molar-refractivity contribution in [3.05, 3.63) is 35.9 Å². The Morgan fingerprint density at radius 1 is 1.18 bits per heavy atom. The molecule has 1 amide bonds. The fourth-order valence-corrected chi connectivity index (χ4v) is 3.82. The molecule has 2 bridgehead atoms. The van der Waals surface area contributed by atoms with Crippen LogP contribution in [0.3, 0.4) is 0 Å².